The van der Waals surface area contributed by atoms with Crippen LogP contribution in [0, 0.1) is 5.92 Å². The fourth-order valence-corrected chi connectivity index (χ4v) is 4.98. The van der Waals surface area contributed by atoms with Crippen LogP contribution < -0.4 is 9.64 Å². The Labute approximate surface area is 168 Å². The van der Waals surface area contributed by atoms with Crippen molar-refractivity contribution in [3.63, 3.8) is 0 Å². The Hall–Kier alpha value is -2.34. The molecule has 0 unspecified atom stereocenters. The van der Waals surface area contributed by atoms with Crippen molar-refractivity contribution < 1.29 is 4.74 Å². The van der Waals surface area contributed by atoms with Crippen LogP contribution >= 0.6 is 11.6 Å². The summed E-state index contributed by atoms with van der Waals surface area (Å²) in [7, 11) is 0. The zero-order valence-corrected chi connectivity index (χ0v) is 16.4. The minimum atomic E-state index is 0.0377. The largest absolute Gasteiger partial charge is 0.491 e. The Bertz CT molecular complexity index is 1050. The fraction of sp³-hybridized carbons (Fsp3) is 0.476. The third-order valence-corrected chi connectivity index (χ3v) is 6.94. The highest BCUT2D eigenvalue weighted by Gasteiger charge is 2.44. The average molecular weight is 396 g/mol. The van der Waals surface area contributed by atoms with Gasteiger partial charge >= 0.3 is 0 Å². The van der Waals surface area contributed by atoms with E-state index in [9.17, 15) is 0 Å². The number of hydrogen-bond acceptors (Lipinski definition) is 5. The van der Waals surface area contributed by atoms with Gasteiger partial charge in [0.05, 0.1) is 23.4 Å². The quantitative estimate of drug-likeness (QED) is 0.677. The number of hydrogen-bond donors (Lipinski definition) is 0. The molecule has 7 heteroatoms. The molecule has 0 amide bonds. The van der Waals surface area contributed by atoms with Crippen molar-refractivity contribution in [2.45, 2.75) is 37.5 Å². The molecule has 28 heavy (non-hydrogen) atoms. The molecule has 0 bridgehead atoms. The summed E-state index contributed by atoms with van der Waals surface area (Å²) in [5.41, 5.74) is 2.98. The molecule has 5 heterocycles. The highest BCUT2D eigenvalue weighted by molar-refractivity contribution is 6.36. The van der Waals surface area contributed by atoms with Gasteiger partial charge in [-0.1, -0.05) is 11.6 Å². The molecule has 2 fully saturated rings. The van der Waals surface area contributed by atoms with E-state index in [-0.39, 0.29) is 5.41 Å². The second-order valence-electron chi connectivity index (χ2n) is 8.38. The normalized spacial score (nSPS) is 20.5. The number of pyridine rings is 2. The lowest BCUT2D eigenvalue weighted by Gasteiger charge is -2.39. The molecule has 1 saturated heterocycles. The van der Waals surface area contributed by atoms with Gasteiger partial charge in [-0.3, -0.25) is 9.38 Å². The summed E-state index contributed by atoms with van der Waals surface area (Å²) in [4.78, 5) is 7.00. The van der Waals surface area contributed by atoms with Crippen molar-refractivity contribution in [3.05, 3.63) is 47.1 Å². The first-order valence-electron chi connectivity index (χ1n) is 10.1. The molecule has 3 aliphatic rings. The van der Waals surface area contributed by atoms with E-state index in [2.05, 4.69) is 36.7 Å². The number of aromatic nitrogens is 4. The summed E-state index contributed by atoms with van der Waals surface area (Å²) in [6.07, 6.45) is 9.58. The van der Waals surface area contributed by atoms with Crippen molar-refractivity contribution in [1.29, 1.82) is 0 Å². The molecule has 6 nitrogen and oxygen atoms in total. The lowest BCUT2D eigenvalue weighted by Crippen LogP contribution is -2.44. The monoisotopic (exact) mass is 395 g/mol. The summed E-state index contributed by atoms with van der Waals surface area (Å²) >= 11 is 6.77. The number of piperidine rings is 1. The number of nitrogens with zero attached hydrogens (tertiary/aromatic N) is 5. The van der Waals surface area contributed by atoms with Gasteiger partial charge in [0.2, 0.25) is 0 Å². The van der Waals surface area contributed by atoms with E-state index >= 15 is 0 Å². The van der Waals surface area contributed by atoms with Crippen molar-refractivity contribution in [1.82, 2.24) is 19.6 Å². The number of ether oxygens (including phenoxy) is 1. The Balaban J connectivity index is 1.26. The third kappa shape index (κ3) is 2.50. The fourth-order valence-electron chi connectivity index (χ4n) is 4.67. The molecule has 0 atom stereocenters. The Morgan fingerprint density at radius 3 is 2.86 bits per heavy atom. The molecule has 2 aliphatic heterocycles. The second-order valence-corrected chi connectivity index (χ2v) is 8.76. The highest BCUT2D eigenvalue weighted by Crippen LogP contribution is 2.45. The van der Waals surface area contributed by atoms with Gasteiger partial charge in [0.25, 0.3) is 0 Å². The van der Waals surface area contributed by atoms with E-state index in [1.807, 2.05) is 18.3 Å². The van der Waals surface area contributed by atoms with Gasteiger partial charge in [-0.25, -0.2) is 0 Å². The molecule has 0 aromatic carbocycles. The lowest BCUT2D eigenvalue weighted by molar-refractivity contribution is 0.228. The maximum atomic E-state index is 6.77. The van der Waals surface area contributed by atoms with Gasteiger partial charge in [0, 0.05) is 31.9 Å². The van der Waals surface area contributed by atoms with Crippen LogP contribution in [0.2, 0.25) is 5.02 Å². The topological polar surface area (TPSA) is 55.5 Å². The van der Waals surface area contributed by atoms with Crippen LogP contribution in [-0.2, 0) is 11.8 Å². The number of rotatable bonds is 3. The smallest absolute Gasteiger partial charge is 0.181 e. The first-order chi connectivity index (χ1) is 13.7. The predicted octanol–water partition coefficient (Wildman–Crippen LogP) is 3.66. The van der Waals surface area contributed by atoms with Crippen LogP contribution in [0.4, 0.5) is 5.69 Å². The molecule has 3 aromatic heterocycles. The standard InChI is InChI=1S/C21H22ClN5O/c22-18-15(5-9-27-17(12-14-3-4-14)24-25-20(18)27)26-10-6-21(7-11-26)13-28-16-2-1-8-23-19(16)21/h1-2,5,8-9,14H,3-4,6-7,10-13H2. The second kappa shape index (κ2) is 6.08. The Morgan fingerprint density at radius 2 is 2.04 bits per heavy atom. The summed E-state index contributed by atoms with van der Waals surface area (Å²) in [5.74, 6) is 2.74. The summed E-state index contributed by atoms with van der Waals surface area (Å²) < 4.78 is 7.98. The SMILES string of the molecule is Clc1c(N2CCC3(CC2)COc2cccnc23)ccn2c(CC3CC3)nnc12. The van der Waals surface area contributed by atoms with E-state index in [1.165, 1.54) is 12.8 Å². The van der Waals surface area contributed by atoms with Gasteiger partial charge in [-0.15, -0.1) is 10.2 Å². The summed E-state index contributed by atoms with van der Waals surface area (Å²) in [6.45, 7) is 2.59. The lowest BCUT2D eigenvalue weighted by atomic mass is 9.77. The zero-order valence-electron chi connectivity index (χ0n) is 15.6. The van der Waals surface area contributed by atoms with Crippen LogP contribution in [0.25, 0.3) is 5.65 Å². The van der Waals surface area contributed by atoms with Crippen molar-refractivity contribution in [3.8, 4) is 5.75 Å². The number of fused-ring (bicyclic) bond motifs is 3. The molecule has 144 valence electrons. The Kier molecular flexibility index (Phi) is 3.60. The average Bonchev–Trinajstić information content (AvgIpc) is 3.35. The highest BCUT2D eigenvalue weighted by atomic mass is 35.5. The molecule has 6 rings (SSSR count). The number of halogens is 1. The van der Waals surface area contributed by atoms with Crippen molar-refractivity contribution in [2.75, 3.05) is 24.6 Å². The first kappa shape index (κ1) is 16.6. The maximum Gasteiger partial charge on any atom is 0.181 e. The third-order valence-electron chi connectivity index (χ3n) is 6.58. The first-order valence-corrected chi connectivity index (χ1v) is 10.5. The summed E-state index contributed by atoms with van der Waals surface area (Å²) in [6, 6.07) is 6.08. The van der Waals surface area contributed by atoms with Crippen LogP contribution in [-0.4, -0.2) is 39.3 Å². The predicted molar refractivity (Wildman–Crippen MR) is 107 cm³/mol. The minimum absolute atomic E-state index is 0.0377. The van der Waals surface area contributed by atoms with E-state index < -0.39 is 0 Å². The van der Waals surface area contributed by atoms with Crippen LogP contribution in [0.15, 0.2) is 30.6 Å². The van der Waals surface area contributed by atoms with Crippen molar-refractivity contribution >= 4 is 22.9 Å². The maximum absolute atomic E-state index is 6.77. The van der Waals surface area contributed by atoms with Crippen LogP contribution in [0.1, 0.15) is 37.2 Å². The van der Waals surface area contributed by atoms with Crippen LogP contribution in [0.5, 0.6) is 5.75 Å². The molecular weight excluding hydrogens is 374 g/mol. The van der Waals surface area contributed by atoms with Gasteiger partial charge in [-0.05, 0) is 49.8 Å². The molecule has 1 spiro atoms. The number of anilines is 1. The molecule has 0 radical (unpaired) electrons. The van der Waals surface area contributed by atoms with E-state index in [0.29, 0.717) is 5.02 Å². The molecule has 1 saturated carbocycles. The Morgan fingerprint density at radius 1 is 1.18 bits per heavy atom. The molecule has 3 aromatic rings. The van der Waals surface area contributed by atoms with E-state index in [0.717, 1.165) is 73.5 Å². The zero-order chi connectivity index (χ0) is 18.7. The van der Waals surface area contributed by atoms with Gasteiger partial charge < -0.3 is 9.64 Å². The molecule has 1 aliphatic carbocycles. The van der Waals surface area contributed by atoms with E-state index in [4.69, 9.17) is 16.3 Å². The van der Waals surface area contributed by atoms with Crippen molar-refractivity contribution in [2.24, 2.45) is 5.92 Å². The van der Waals surface area contributed by atoms with Gasteiger partial charge in [0.1, 0.15) is 16.6 Å². The molecular formula is C21H22ClN5O. The van der Waals surface area contributed by atoms with Gasteiger partial charge in [0.15, 0.2) is 5.65 Å². The van der Waals surface area contributed by atoms with E-state index in [1.54, 1.807) is 0 Å². The summed E-state index contributed by atoms with van der Waals surface area (Å²) in [5, 5.41) is 9.47. The van der Waals surface area contributed by atoms with Gasteiger partial charge in [-0.2, -0.15) is 0 Å². The minimum Gasteiger partial charge on any atom is -0.491 e. The molecule has 0 N–H and O–H groups in total. The van der Waals surface area contributed by atoms with Crippen LogP contribution in [0.3, 0.4) is 0 Å².